The van der Waals surface area contributed by atoms with Crippen molar-refractivity contribution in [1.82, 2.24) is 0 Å². The predicted molar refractivity (Wildman–Crippen MR) is 131 cm³/mol. The van der Waals surface area contributed by atoms with Gasteiger partial charge in [-0.1, -0.05) is 53.6 Å². The Balaban J connectivity index is 1.49. The number of benzene rings is 3. The maximum Gasteiger partial charge on any atom is 0.261 e. The van der Waals surface area contributed by atoms with Crippen LogP contribution in [0.2, 0.25) is 10.0 Å². The molecule has 0 amide bonds. The first-order valence-electron chi connectivity index (χ1n) is 10.4. The van der Waals surface area contributed by atoms with Crippen LogP contribution in [0, 0.1) is 12.8 Å². The SMILES string of the molecule is Cc1cccc(NS(=O)(=O)c2ccc3c(c2)[C@H]2C=CC[C@H]2[C@H](c2ccc(Cl)c(Cl)c2)N3)c1. The van der Waals surface area contributed by atoms with Crippen LogP contribution in [0.1, 0.15) is 35.1 Å². The normalized spacial score (nSPS) is 21.5. The third-order valence-corrected chi connectivity index (χ3v) is 8.34. The van der Waals surface area contributed by atoms with Gasteiger partial charge in [0.05, 0.1) is 21.0 Å². The number of hydrogen-bond donors (Lipinski definition) is 2. The Labute approximate surface area is 198 Å². The van der Waals surface area contributed by atoms with Gasteiger partial charge in [0.2, 0.25) is 0 Å². The Morgan fingerprint density at radius 2 is 1.84 bits per heavy atom. The lowest BCUT2D eigenvalue weighted by Gasteiger charge is -2.37. The molecule has 5 rings (SSSR count). The molecule has 3 aromatic carbocycles. The average Bonchev–Trinajstić information content (AvgIpc) is 3.25. The number of allylic oxidation sites excluding steroid dienone is 2. The van der Waals surface area contributed by atoms with Gasteiger partial charge in [-0.2, -0.15) is 0 Å². The molecule has 4 nitrogen and oxygen atoms in total. The van der Waals surface area contributed by atoms with Gasteiger partial charge < -0.3 is 5.32 Å². The van der Waals surface area contributed by atoms with Crippen LogP contribution in [-0.2, 0) is 10.0 Å². The number of hydrogen-bond acceptors (Lipinski definition) is 3. The molecule has 1 aliphatic heterocycles. The van der Waals surface area contributed by atoms with Gasteiger partial charge in [-0.25, -0.2) is 8.42 Å². The minimum absolute atomic E-state index is 0.0603. The molecule has 0 bridgehead atoms. The fourth-order valence-electron chi connectivity index (χ4n) is 4.70. The van der Waals surface area contributed by atoms with Crippen molar-refractivity contribution in [3.63, 3.8) is 0 Å². The predicted octanol–water partition coefficient (Wildman–Crippen LogP) is 6.93. The molecule has 1 aliphatic carbocycles. The van der Waals surface area contributed by atoms with Crippen LogP contribution in [0.5, 0.6) is 0 Å². The fourth-order valence-corrected chi connectivity index (χ4v) is 6.09. The maximum absolute atomic E-state index is 13.1. The molecular weight excluding hydrogens is 463 g/mol. The Bertz CT molecular complexity index is 1340. The largest absolute Gasteiger partial charge is 0.378 e. The highest BCUT2D eigenvalue weighted by Gasteiger charge is 2.38. The monoisotopic (exact) mass is 484 g/mol. The number of rotatable bonds is 4. The van der Waals surface area contributed by atoms with Crippen molar-refractivity contribution in [3.8, 4) is 0 Å². The summed E-state index contributed by atoms with van der Waals surface area (Å²) in [6.45, 7) is 1.93. The van der Waals surface area contributed by atoms with E-state index in [4.69, 9.17) is 23.2 Å². The van der Waals surface area contributed by atoms with Crippen molar-refractivity contribution < 1.29 is 8.42 Å². The van der Waals surface area contributed by atoms with E-state index in [0.717, 1.165) is 28.8 Å². The van der Waals surface area contributed by atoms with E-state index in [1.54, 1.807) is 18.2 Å². The smallest absolute Gasteiger partial charge is 0.261 e. The second kappa shape index (κ2) is 8.14. The summed E-state index contributed by atoms with van der Waals surface area (Å²) >= 11 is 12.4. The Morgan fingerprint density at radius 1 is 1.00 bits per heavy atom. The van der Waals surface area contributed by atoms with Gasteiger partial charge in [0.25, 0.3) is 10.0 Å². The summed E-state index contributed by atoms with van der Waals surface area (Å²) in [4.78, 5) is 0.256. The standard InChI is InChI=1S/C25H22Cl2N2O2S/c1-15-4-2-5-17(12-15)29-32(30,31)18-9-11-24-21(14-18)19-6-3-7-20(19)25(28-24)16-8-10-22(26)23(27)13-16/h2-6,8-14,19-20,25,28-29H,7H2,1H3/t19-,20+,25-/m0/s1. The van der Waals surface area contributed by atoms with E-state index in [2.05, 4.69) is 22.2 Å². The van der Waals surface area contributed by atoms with Gasteiger partial charge >= 0.3 is 0 Å². The van der Waals surface area contributed by atoms with E-state index < -0.39 is 10.0 Å². The molecule has 0 spiro atoms. The lowest BCUT2D eigenvalue weighted by molar-refractivity contribution is 0.425. The molecule has 2 aliphatic rings. The number of anilines is 2. The van der Waals surface area contributed by atoms with E-state index >= 15 is 0 Å². The zero-order chi connectivity index (χ0) is 22.5. The van der Waals surface area contributed by atoms with Gasteiger partial charge in [-0.3, -0.25) is 4.72 Å². The van der Waals surface area contributed by atoms with Gasteiger partial charge in [0.15, 0.2) is 0 Å². The summed E-state index contributed by atoms with van der Waals surface area (Å²) in [5.41, 5.74) is 4.54. The topological polar surface area (TPSA) is 58.2 Å². The van der Waals surface area contributed by atoms with Crippen LogP contribution < -0.4 is 10.0 Å². The second-order valence-electron chi connectivity index (χ2n) is 8.37. The first-order valence-corrected chi connectivity index (χ1v) is 12.7. The van der Waals surface area contributed by atoms with Crippen LogP contribution in [0.15, 0.2) is 77.7 Å². The van der Waals surface area contributed by atoms with Crippen molar-refractivity contribution in [3.05, 3.63) is 99.6 Å². The quantitative estimate of drug-likeness (QED) is 0.394. The summed E-state index contributed by atoms with van der Waals surface area (Å²) < 4.78 is 28.8. The minimum Gasteiger partial charge on any atom is -0.378 e. The zero-order valence-electron chi connectivity index (χ0n) is 17.3. The van der Waals surface area contributed by atoms with Crippen LogP contribution in [0.3, 0.4) is 0 Å². The number of halogens is 2. The fraction of sp³-hybridized carbons (Fsp3) is 0.200. The third-order valence-electron chi connectivity index (χ3n) is 6.22. The Hall–Kier alpha value is -2.47. The molecule has 164 valence electrons. The molecule has 1 heterocycles. The van der Waals surface area contributed by atoms with Gasteiger partial charge in [0.1, 0.15) is 0 Å². The highest BCUT2D eigenvalue weighted by Crippen LogP contribution is 2.50. The summed E-state index contributed by atoms with van der Waals surface area (Å²) in [5, 5.41) is 4.67. The zero-order valence-corrected chi connectivity index (χ0v) is 19.7. The molecule has 0 aromatic heterocycles. The van der Waals surface area contributed by atoms with Crippen molar-refractivity contribution in [2.75, 3.05) is 10.0 Å². The molecule has 0 saturated heterocycles. The van der Waals surface area contributed by atoms with Crippen LogP contribution in [0.25, 0.3) is 0 Å². The second-order valence-corrected chi connectivity index (χ2v) is 10.9. The Kier molecular flexibility index (Phi) is 5.44. The van der Waals surface area contributed by atoms with Gasteiger partial charge in [0, 0.05) is 17.3 Å². The van der Waals surface area contributed by atoms with E-state index in [1.165, 1.54) is 0 Å². The minimum atomic E-state index is -3.70. The van der Waals surface area contributed by atoms with Gasteiger partial charge in [-0.05, 0) is 78.4 Å². The molecule has 0 radical (unpaired) electrons. The van der Waals surface area contributed by atoms with Crippen molar-refractivity contribution in [1.29, 1.82) is 0 Å². The third kappa shape index (κ3) is 3.90. The summed E-state index contributed by atoms with van der Waals surface area (Å²) in [6.07, 6.45) is 5.25. The van der Waals surface area contributed by atoms with E-state index in [0.29, 0.717) is 15.7 Å². The van der Waals surface area contributed by atoms with Crippen LogP contribution in [-0.4, -0.2) is 8.42 Å². The molecule has 0 fully saturated rings. The van der Waals surface area contributed by atoms with E-state index in [1.807, 2.05) is 49.4 Å². The van der Waals surface area contributed by atoms with Crippen molar-refractivity contribution in [2.45, 2.75) is 30.2 Å². The van der Waals surface area contributed by atoms with Crippen molar-refractivity contribution in [2.24, 2.45) is 5.92 Å². The number of fused-ring (bicyclic) bond motifs is 3. The molecule has 7 heteroatoms. The molecule has 3 atom stereocenters. The molecular formula is C25H22Cl2N2O2S. The first-order chi connectivity index (χ1) is 15.3. The van der Waals surface area contributed by atoms with Crippen LogP contribution in [0.4, 0.5) is 11.4 Å². The average molecular weight is 485 g/mol. The first kappa shape index (κ1) is 21.4. The van der Waals surface area contributed by atoms with Crippen LogP contribution >= 0.6 is 23.2 Å². The molecule has 2 N–H and O–H groups in total. The van der Waals surface area contributed by atoms with Crippen molar-refractivity contribution >= 4 is 44.6 Å². The molecule has 0 saturated carbocycles. The summed E-state index contributed by atoms with van der Waals surface area (Å²) in [7, 11) is -3.70. The Morgan fingerprint density at radius 3 is 2.62 bits per heavy atom. The molecule has 0 unspecified atom stereocenters. The summed E-state index contributed by atoms with van der Waals surface area (Å²) in [5.74, 6) is 0.391. The molecule has 32 heavy (non-hydrogen) atoms. The highest BCUT2D eigenvalue weighted by atomic mass is 35.5. The highest BCUT2D eigenvalue weighted by molar-refractivity contribution is 7.92. The van der Waals surface area contributed by atoms with Gasteiger partial charge in [-0.15, -0.1) is 0 Å². The lowest BCUT2D eigenvalue weighted by Crippen LogP contribution is -2.29. The number of sulfonamides is 1. The lowest BCUT2D eigenvalue weighted by atomic mass is 9.77. The maximum atomic E-state index is 13.1. The number of aryl methyl sites for hydroxylation is 1. The summed E-state index contributed by atoms with van der Waals surface area (Å²) in [6, 6.07) is 18.4. The van der Waals surface area contributed by atoms with E-state index in [-0.39, 0.29) is 22.8 Å². The molecule has 3 aromatic rings. The van der Waals surface area contributed by atoms with E-state index in [9.17, 15) is 8.42 Å². The number of nitrogens with one attached hydrogen (secondary N) is 2.